The highest BCUT2D eigenvalue weighted by Crippen LogP contribution is 2.48. The number of aromatic nitrogens is 3. The molecule has 3 aromatic rings. The number of rotatable bonds is 2. The molecule has 30 heavy (non-hydrogen) atoms. The topological polar surface area (TPSA) is 63.0 Å². The van der Waals surface area contributed by atoms with Crippen molar-refractivity contribution in [2.24, 2.45) is 0 Å². The maximum atomic E-state index is 14.4. The number of ether oxygens (including phenoxy) is 1. The Morgan fingerprint density at radius 2 is 1.90 bits per heavy atom. The van der Waals surface area contributed by atoms with Crippen LogP contribution in [0.4, 0.5) is 10.2 Å². The molecule has 5 heterocycles. The molecule has 1 aromatic carbocycles. The number of halogens is 1. The summed E-state index contributed by atoms with van der Waals surface area (Å²) in [5.74, 6) is 0.722. The van der Waals surface area contributed by atoms with Crippen molar-refractivity contribution >= 4 is 17.4 Å². The van der Waals surface area contributed by atoms with E-state index in [2.05, 4.69) is 15.0 Å². The number of hydrogen-bond donors (Lipinski definition) is 0. The van der Waals surface area contributed by atoms with E-state index in [-0.39, 0.29) is 24.0 Å². The Balaban J connectivity index is 1.24. The van der Waals surface area contributed by atoms with Crippen molar-refractivity contribution in [2.75, 3.05) is 18.0 Å². The molecular weight excluding hydrogens is 385 g/mol. The van der Waals surface area contributed by atoms with Crippen LogP contribution in [0.5, 0.6) is 0 Å². The Kier molecular flexibility index (Phi) is 3.86. The maximum Gasteiger partial charge on any atom is 0.257 e. The van der Waals surface area contributed by atoms with Gasteiger partial charge in [-0.3, -0.25) is 4.79 Å². The van der Waals surface area contributed by atoms with Crippen LogP contribution in [0.2, 0.25) is 0 Å². The van der Waals surface area contributed by atoms with Gasteiger partial charge < -0.3 is 14.5 Å². The molecule has 2 aromatic heterocycles. The highest BCUT2D eigenvalue weighted by Gasteiger charge is 2.58. The smallest absolute Gasteiger partial charge is 0.257 e. The highest BCUT2D eigenvalue weighted by molar-refractivity contribution is 5.88. The zero-order valence-corrected chi connectivity index (χ0v) is 16.4. The molecule has 0 N–H and O–H groups in total. The lowest BCUT2D eigenvalue weighted by Gasteiger charge is -2.38. The monoisotopic (exact) mass is 407 g/mol. The predicted octanol–water partition coefficient (Wildman–Crippen LogP) is 2.93. The van der Waals surface area contributed by atoms with Gasteiger partial charge in [0, 0.05) is 43.8 Å². The second-order valence-electron chi connectivity index (χ2n) is 8.29. The summed E-state index contributed by atoms with van der Waals surface area (Å²) in [6.45, 7) is 1.38. The van der Waals surface area contributed by atoms with Crippen LogP contribution in [-0.4, -0.2) is 50.3 Å². The van der Waals surface area contributed by atoms with Gasteiger partial charge in [-0.25, -0.2) is 9.37 Å². The minimum atomic E-state index is -0.804. The Morgan fingerprint density at radius 3 is 2.73 bits per heavy atom. The van der Waals surface area contributed by atoms with Gasteiger partial charge in [-0.1, -0.05) is 18.2 Å². The van der Waals surface area contributed by atoms with E-state index in [0.29, 0.717) is 31.5 Å². The molecule has 0 saturated carbocycles. The Morgan fingerprint density at radius 1 is 1.07 bits per heavy atom. The van der Waals surface area contributed by atoms with Gasteiger partial charge in [0.2, 0.25) is 0 Å². The fraction of sp³-hybridized carbons (Fsp3) is 0.409. The van der Waals surface area contributed by atoms with Gasteiger partial charge >= 0.3 is 0 Å². The lowest BCUT2D eigenvalue weighted by molar-refractivity contribution is -0.140. The van der Waals surface area contributed by atoms with E-state index in [4.69, 9.17) is 4.74 Å². The summed E-state index contributed by atoms with van der Waals surface area (Å²) in [6, 6.07) is 10.3. The molecular formula is C22H22FN5O2. The molecule has 7 nitrogen and oxygen atoms in total. The third kappa shape index (κ3) is 2.49. The molecule has 3 saturated heterocycles. The second-order valence-corrected chi connectivity index (χ2v) is 8.29. The Bertz CT molecular complexity index is 1120. The number of fused-ring (bicyclic) bond motifs is 2. The van der Waals surface area contributed by atoms with Crippen molar-refractivity contribution in [3.63, 3.8) is 0 Å². The summed E-state index contributed by atoms with van der Waals surface area (Å²) >= 11 is 0. The molecule has 154 valence electrons. The van der Waals surface area contributed by atoms with Gasteiger partial charge in [0.1, 0.15) is 17.9 Å². The number of anilines is 1. The van der Waals surface area contributed by atoms with E-state index in [0.717, 1.165) is 24.3 Å². The average Bonchev–Trinajstić information content (AvgIpc) is 3.46. The first-order valence-corrected chi connectivity index (χ1v) is 10.4. The van der Waals surface area contributed by atoms with Crippen molar-refractivity contribution in [3.05, 3.63) is 60.2 Å². The lowest BCUT2D eigenvalue weighted by atomic mass is 9.89. The van der Waals surface area contributed by atoms with Gasteiger partial charge in [0.15, 0.2) is 11.2 Å². The molecule has 1 amide bonds. The number of hydrogen-bond acceptors (Lipinski definition) is 5. The molecule has 2 atom stereocenters. The normalized spacial score (nSPS) is 25.4. The number of amides is 1. The van der Waals surface area contributed by atoms with E-state index in [1.807, 2.05) is 22.7 Å². The number of carbonyl (C=O) groups excluding carboxylic acids is 1. The van der Waals surface area contributed by atoms with E-state index in [9.17, 15) is 9.18 Å². The lowest BCUT2D eigenvalue weighted by Crippen LogP contribution is -2.50. The van der Waals surface area contributed by atoms with Crippen molar-refractivity contribution in [1.82, 2.24) is 19.5 Å². The highest BCUT2D eigenvalue weighted by atomic mass is 19.1. The standard InChI is InChI=1S/C22H22FN5O2/c23-16-4-2-1-3-15(16)17-5-6-20-27(17)21(29)22(30-20)9-13-26(14-10-22)19-8-11-24-18-7-12-25-28(18)19/h1-4,7-8,11-12,17,20H,5-6,9-10,13-14H2/t17-,20+/m0/s1. The largest absolute Gasteiger partial charge is 0.356 e. The van der Waals surface area contributed by atoms with Crippen LogP contribution in [0.1, 0.15) is 37.3 Å². The molecule has 0 bridgehead atoms. The molecule has 3 aliphatic rings. The molecule has 3 aliphatic heterocycles. The molecule has 0 aliphatic carbocycles. The molecule has 8 heteroatoms. The van der Waals surface area contributed by atoms with Gasteiger partial charge in [-0.05, 0) is 25.0 Å². The van der Waals surface area contributed by atoms with E-state index >= 15 is 0 Å². The van der Waals surface area contributed by atoms with Crippen molar-refractivity contribution in [1.29, 1.82) is 0 Å². The van der Waals surface area contributed by atoms with Crippen molar-refractivity contribution < 1.29 is 13.9 Å². The van der Waals surface area contributed by atoms with Crippen molar-refractivity contribution in [3.8, 4) is 0 Å². The van der Waals surface area contributed by atoms with E-state index in [1.54, 1.807) is 29.4 Å². The minimum absolute atomic E-state index is 0.0110. The quantitative estimate of drug-likeness (QED) is 0.654. The first-order chi connectivity index (χ1) is 14.7. The summed E-state index contributed by atoms with van der Waals surface area (Å²) < 4.78 is 22.6. The summed E-state index contributed by atoms with van der Waals surface area (Å²) in [6.07, 6.45) is 5.94. The van der Waals surface area contributed by atoms with Crippen LogP contribution in [-0.2, 0) is 9.53 Å². The third-order valence-electron chi connectivity index (χ3n) is 6.75. The first kappa shape index (κ1) is 17.8. The summed E-state index contributed by atoms with van der Waals surface area (Å²) in [4.78, 5) is 21.8. The first-order valence-electron chi connectivity index (χ1n) is 10.4. The SMILES string of the molecule is O=C1N2[C@@H](CC[C@H]2c2ccccc2F)OC12CCN(c1ccnc3ccnn13)CC2. The van der Waals surface area contributed by atoms with Crippen LogP contribution in [0.15, 0.2) is 48.8 Å². The van der Waals surface area contributed by atoms with E-state index < -0.39 is 5.60 Å². The van der Waals surface area contributed by atoms with Crippen LogP contribution < -0.4 is 4.90 Å². The summed E-state index contributed by atoms with van der Waals surface area (Å²) in [5, 5.41) is 4.37. The molecule has 0 radical (unpaired) electrons. The van der Waals surface area contributed by atoms with Crippen LogP contribution >= 0.6 is 0 Å². The number of carbonyl (C=O) groups is 1. The fourth-order valence-corrected chi connectivity index (χ4v) is 5.25. The van der Waals surface area contributed by atoms with Crippen LogP contribution in [0, 0.1) is 5.82 Å². The average molecular weight is 407 g/mol. The fourth-order valence-electron chi connectivity index (χ4n) is 5.25. The zero-order chi connectivity index (χ0) is 20.3. The third-order valence-corrected chi connectivity index (χ3v) is 6.75. The Hall–Kier alpha value is -3.00. The number of piperidine rings is 1. The predicted molar refractivity (Wildman–Crippen MR) is 107 cm³/mol. The number of nitrogens with zero attached hydrogens (tertiary/aromatic N) is 5. The van der Waals surface area contributed by atoms with Crippen LogP contribution in [0.3, 0.4) is 0 Å². The maximum absolute atomic E-state index is 14.4. The minimum Gasteiger partial charge on any atom is -0.356 e. The van der Waals surface area contributed by atoms with E-state index in [1.165, 1.54) is 6.07 Å². The van der Waals surface area contributed by atoms with Crippen molar-refractivity contribution in [2.45, 2.75) is 43.6 Å². The molecule has 1 spiro atoms. The second kappa shape index (κ2) is 6.50. The molecule has 6 rings (SSSR count). The van der Waals surface area contributed by atoms with Gasteiger partial charge in [-0.15, -0.1) is 0 Å². The summed E-state index contributed by atoms with van der Waals surface area (Å²) in [5.41, 5.74) is 0.583. The molecule has 0 unspecified atom stereocenters. The Labute approximate surface area is 173 Å². The number of benzene rings is 1. The molecule has 3 fully saturated rings. The van der Waals surface area contributed by atoms with Gasteiger partial charge in [0.05, 0.1) is 12.2 Å². The van der Waals surface area contributed by atoms with Gasteiger partial charge in [-0.2, -0.15) is 9.61 Å². The van der Waals surface area contributed by atoms with Gasteiger partial charge in [0.25, 0.3) is 5.91 Å². The van der Waals surface area contributed by atoms with Crippen LogP contribution in [0.25, 0.3) is 5.65 Å². The zero-order valence-electron chi connectivity index (χ0n) is 16.4. The summed E-state index contributed by atoms with van der Waals surface area (Å²) in [7, 11) is 0.